The van der Waals surface area contributed by atoms with Crippen LogP contribution >= 0.6 is 0 Å². The zero-order chi connectivity index (χ0) is 13.7. The number of nitrogens with zero attached hydrogens (tertiary/aromatic N) is 1. The molecule has 0 bridgehead atoms. The van der Waals surface area contributed by atoms with Crippen molar-refractivity contribution in [2.45, 2.75) is 71.8 Å². The topological polar surface area (TPSA) is 15.3 Å². The summed E-state index contributed by atoms with van der Waals surface area (Å²) in [5.41, 5.74) is 0.632. The first-order chi connectivity index (χ1) is 9.19. The molecule has 0 aromatic heterocycles. The summed E-state index contributed by atoms with van der Waals surface area (Å²) in [4.78, 5) is 2.62. The van der Waals surface area contributed by atoms with E-state index in [4.69, 9.17) is 0 Å². The second-order valence-corrected chi connectivity index (χ2v) is 7.03. The highest BCUT2D eigenvalue weighted by atomic mass is 15.1. The first-order valence-corrected chi connectivity index (χ1v) is 8.65. The lowest BCUT2D eigenvalue weighted by atomic mass is 9.82. The minimum atomic E-state index is 0.632. The Morgan fingerprint density at radius 3 is 2.58 bits per heavy atom. The third-order valence-electron chi connectivity index (χ3n) is 5.91. The van der Waals surface area contributed by atoms with Crippen molar-refractivity contribution in [1.29, 1.82) is 0 Å². The van der Waals surface area contributed by atoms with E-state index in [1.807, 2.05) is 0 Å². The number of likely N-dealkylation sites (tertiary alicyclic amines) is 1. The Morgan fingerprint density at radius 2 is 1.95 bits per heavy atom. The van der Waals surface area contributed by atoms with Crippen molar-refractivity contribution in [1.82, 2.24) is 10.2 Å². The van der Waals surface area contributed by atoms with Gasteiger partial charge in [0.1, 0.15) is 0 Å². The van der Waals surface area contributed by atoms with E-state index in [0.29, 0.717) is 11.5 Å². The van der Waals surface area contributed by atoms with Gasteiger partial charge in [-0.05, 0) is 63.5 Å². The fraction of sp³-hybridized carbons (Fsp3) is 1.00. The average Bonchev–Trinajstić information content (AvgIpc) is 2.94. The molecule has 1 saturated carbocycles. The maximum absolute atomic E-state index is 3.90. The highest BCUT2D eigenvalue weighted by molar-refractivity contribution is 4.88. The van der Waals surface area contributed by atoms with E-state index < -0.39 is 0 Å². The molecule has 2 aliphatic rings. The van der Waals surface area contributed by atoms with Gasteiger partial charge >= 0.3 is 0 Å². The fourth-order valence-corrected chi connectivity index (χ4v) is 4.11. The van der Waals surface area contributed by atoms with Gasteiger partial charge in [-0.3, -0.25) is 0 Å². The first-order valence-electron chi connectivity index (χ1n) is 8.65. The van der Waals surface area contributed by atoms with E-state index in [1.54, 1.807) is 0 Å². The number of hydrogen-bond acceptors (Lipinski definition) is 2. The first kappa shape index (κ1) is 15.3. The summed E-state index contributed by atoms with van der Waals surface area (Å²) >= 11 is 0. The van der Waals surface area contributed by atoms with Crippen molar-refractivity contribution in [3.05, 3.63) is 0 Å². The van der Waals surface area contributed by atoms with Crippen molar-refractivity contribution in [3.63, 3.8) is 0 Å². The summed E-state index contributed by atoms with van der Waals surface area (Å²) in [5, 5.41) is 3.90. The van der Waals surface area contributed by atoms with Crippen LogP contribution in [0.25, 0.3) is 0 Å². The largest absolute Gasteiger partial charge is 0.313 e. The Kier molecular flexibility index (Phi) is 5.70. The predicted molar refractivity (Wildman–Crippen MR) is 83.5 cm³/mol. The maximum atomic E-state index is 3.90. The van der Waals surface area contributed by atoms with E-state index in [1.165, 1.54) is 71.1 Å². The summed E-state index contributed by atoms with van der Waals surface area (Å²) in [5.74, 6) is 0.865. The minimum Gasteiger partial charge on any atom is -0.313 e. The van der Waals surface area contributed by atoms with Gasteiger partial charge in [0.05, 0.1) is 0 Å². The van der Waals surface area contributed by atoms with Gasteiger partial charge in [0.25, 0.3) is 0 Å². The number of piperidine rings is 1. The Bertz CT molecular complexity index is 258. The van der Waals surface area contributed by atoms with E-state index in [0.717, 1.165) is 5.92 Å². The van der Waals surface area contributed by atoms with Gasteiger partial charge in [0.2, 0.25) is 0 Å². The van der Waals surface area contributed by atoms with E-state index in [2.05, 4.69) is 31.0 Å². The molecular formula is C17H34N2. The van der Waals surface area contributed by atoms with Gasteiger partial charge in [-0.15, -0.1) is 0 Å². The lowest BCUT2D eigenvalue weighted by Gasteiger charge is -2.37. The molecule has 2 fully saturated rings. The summed E-state index contributed by atoms with van der Waals surface area (Å²) in [7, 11) is 0. The Balaban J connectivity index is 1.78. The highest BCUT2D eigenvalue weighted by Crippen LogP contribution is 2.40. The Morgan fingerprint density at radius 1 is 1.21 bits per heavy atom. The molecule has 0 radical (unpaired) electrons. The molecule has 1 aliphatic heterocycles. The van der Waals surface area contributed by atoms with Crippen LogP contribution < -0.4 is 5.32 Å². The van der Waals surface area contributed by atoms with Crippen molar-refractivity contribution < 1.29 is 0 Å². The molecule has 1 aliphatic carbocycles. The number of nitrogens with one attached hydrogen (secondary N) is 1. The lowest BCUT2D eigenvalue weighted by molar-refractivity contribution is 0.147. The molecule has 1 N–H and O–H groups in total. The normalized spacial score (nSPS) is 29.5. The molecular weight excluding hydrogens is 232 g/mol. The SMILES string of the molecule is CCN1CCCC(C(C)NCC2(CC)CCCC2)C1. The Labute approximate surface area is 120 Å². The second kappa shape index (κ2) is 7.08. The molecule has 1 saturated heterocycles. The zero-order valence-corrected chi connectivity index (χ0v) is 13.4. The molecule has 2 atom stereocenters. The number of rotatable bonds is 6. The molecule has 0 aromatic rings. The van der Waals surface area contributed by atoms with Crippen LogP contribution in [0, 0.1) is 11.3 Å². The molecule has 2 rings (SSSR count). The van der Waals surface area contributed by atoms with Gasteiger partial charge in [-0.1, -0.05) is 26.7 Å². The summed E-state index contributed by atoms with van der Waals surface area (Å²) < 4.78 is 0. The minimum absolute atomic E-state index is 0.632. The van der Waals surface area contributed by atoms with Gasteiger partial charge in [-0.2, -0.15) is 0 Å². The van der Waals surface area contributed by atoms with Crippen molar-refractivity contribution in [2.75, 3.05) is 26.2 Å². The predicted octanol–water partition coefficient (Wildman–Crippen LogP) is 3.67. The second-order valence-electron chi connectivity index (χ2n) is 7.03. The molecule has 112 valence electrons. The molecule has 19 heavy (non-hydrogen) atoms. The summed E-state index contributed by atoms with van der Waals surface area (Å²) in [6.07, 6.45) is 9.99. The molecule has 1 heterocycles. The van der Waals surface area contributed by atoms with E-state index in [-0.39, 0.29) is 0 Å². The van der Waals surface area contributed by atoms with Crippen molar-refractivity contribution >= 4 is 0 Å². The van der Waals surface area contributed by atoms with Crippen LogP contribution in [0.4, 0.5) is 0 Å². The Hall–Kier alpha value is -0.0800. The van der Waals surface area contributed by atoms with Crippen molar-refractivity contribution in [2.24, 2.45) is 11.3 Å². The molecule has 2 heteroatoms. The monoisotopic (exact) mass is 266 g/mol. The molecule has 0 spiro atoms. The quantitative estimate of drug-likeness (QED) is 0.789. The van der Waals surface area contributed by atoms with E-state index >= 15 is 0 Å². The lowest BCUT2D eigenvalue weighted by Crippen LogP contribution is -2.46. The van der Waals surface area contributed by atoms with Crippen molar-refractivity contribution in [3.8, 4) is 0 Å². The van der Waals surface area contributed by atoms with Crippen LogP contribution in [0.2, 0.25) is 0 Å². The van der Waals surface area contributed by atoms with Crippen LogP contribution in [-0.4, -0.2) is 37.1 Å². The highest BCUT2D eigenvalue weighted by Gasteiger charge is 2.33. The molecule has 0 amide bonds. The fourth-order valence-electron chi connectivity index (χ4n) is 4.11. The van der Waals surface area contributed by atoms with Crippen LogP contribution in [0.3, 0.4) is 0 Å². The smallest absolute Gasteiger partial charge is 0.00794 e. The maximum Gasteiger partial charge on any atom is 0.00794 e. The van der Waals surface area contributed by atoms with Gasteiger partial charge in [0, 0.05) is 19.1 Å². The van der Waals surface area contributed by atoms with Crippen LogP contribution in [0.5, 0.6) is 0 Å². The average molecular weight is 266 g/mol. The molecule has 2 nitrogen and oxygen atoms in total. The number of hydrogen-bond donors (Lipinski definition) is 1. The standard InChI is InChI=1S/C17H34N2/c1-4-17(10-6-7-11-17)14-18-15(3)16-9-8-12-19(5-2)13-16/h15-16,18H,4-14H2,1-3H3. The van der Waals surface area contributed by atoms with Crippen LogP contribution in [0.1, 0.15) is 65.7 Å². The summed E-state index contributed by atoms with van der Waals surface area (Å²) in [6, 6.07) is 0.693. The van der Waals surface area contributed by atoms with Gasteiger partial charge < -0.3 is 10.2 Å². The van der Waals surface area contributed by atoms with Gasteiger partial charge in [0.15, 0.2) is 0 Å². The van der Waals surface area contributed by atoms with Crippen LogP contribution in [0.15, 0.2) is 0 Å². The zero-order valence-electron chi connectivity index (χ0n) is 13.4. The molecule has 0 aromatic carbocycles. The van der Waals surface area contributed by atoms with Gasteiger partial charge in [-0.25, -0.2) is 0 Å². The third-order valence-corrected chi connectivity index (χ3v) is 5.91. The van der Waals surface area contributed by atoms with Crippen LogP contribution in [-0.2, 0) is 0 Å². The van der Waals surface area contributed by atoms with E-state index in [9.17, 15) is 0 Å². The summed E-state index contributed by atoms with van der Waals surface area (Å²) in [6.45, 7) is 12.2. The molecule has 2 unspecified atom stereocenters. The third kappa shape index (κ3) is 3.95.